The van der Waals surface area contributed by atoms with Gasteiger partial charge in [0.05, 0.1) is 32.7 Å². The number of aliphatic carboxylic acids is 1. The first-order valence-electron chi connectivity index (χ1n) is 13.1. The number of aliphatic hydroxyl groups is 1. The van der Waals surface area contributed by atoms with Crippen LogP contribution >= 0.6 is 0 Å². The van der Waals surface area contributed by atoms with Crippen molar-refractivity contribution in [2.24, 2.45) is 0 Å². The van der Waals surface area contributed by atoms with Gasteiger partial charge in [0, 0.05) is 6.42 Å². The molecule has 0 rings (SSSR count). The predicted molar refractivity (Wildman–Crippen MR) is 133 cm³/mol. The largest absolute Gasteiger partial charge is 0.481 e. The summed E-state index contributed by atoms with van der Waals surface area (Å²) in [7, 11) is 0. The second-order valence-corrected chi connectivity index (χ2v) is 8.39. The highest BCUT2D eigenvalue weighted by Crippen LogP contribution is 2.20. The van der Waals surface area contributed by atoms with Gasteiger partial charge in [-0.1, -0.05) is 71.1 Å². The van der Waals surface area contributed by atoms with E-state index in [-0.39, 0.29) is 19.8 Å². The Morgan fingerprint density at radius 3 is 1.31 bits per heavy atom. The molecule has 0 bridgehead atoms. The summed E-state index contributed by atoms with van der Waals surface area (Å²) in [4.78, 5) is 44.6. The number of hydrogen-bond acceptors (Lipinski definition) is 8. The molecule has 206 valence electrons. The van der Waals surface area contributed by atoms with Crippen LogP contribution in [-0.4, -0.2) is 59.5 Å². The number of unbranched alkanes of at least 4 members (excludes halogenated alkanes) is 10. The molecular weight excluding hydrogens is 456 g/mol. The lowest BCUT2D eigenvalue weighted by Crippen LogP contribution is -2.44. The highest BCUT2D eigenvalue weighted by atomic mass is 16.6. The van der Waals surface area contributed by atoms with Crippen LogP contribution in [0.25, 0.3) is 0 Å². The van der Waals surface area contributed by atoms with Crippen molar-refractivity contribution in [3.8, 4) is 0 Å². The van der Waals surface area contributed by atoms with E-state index < -0.39 is 42.3 Å². The van der Waals surface area contributed by atoms with Crippen LogP contribution in [-0.2, 0) is 33.4 Å². The molecule has 0 aromatic heterocycles. The molecule has 9 nitrogen and oxygen atoms in total. The number of carbonyl (C=O) groups excluding carboxylic acids is 3. The summed E-state index contributed by atoms with van der Waals surface area (Å²) < 4.78 is 14.0. The Labute approximate surface area is 210 Å². The smallest absolute Gasteiger partial charge is 0.339 e. The molecule has 9 heteroatoms. The maximum Gasteiger partial charge on any atom is 0.339 e. The zero-order valence-corrected chi connectivity index (χ0v) is 22.3. The summed E-state index contributed by atoms with van der Waals surface area (Å²) in [5.41, 5.74) is -2.26. The van der Waals surface area contributed by atoms with E-state index in [1.165, 1.54) is 57.8 Å². The Morgan fingerprint density at radius 2 is 0.971 bits per heavy atom. The summed E-state index contributed by atoms with van der Waals surface area (Å²) in [6.07, 6.45) is 13.1. The molecule has 0 fully saturated rings. The van der Waals surface area contributed by atoms with Gasteiger partial charge in [0.15, 0.2) is 5.60 Å². The summed E-state index contributed by atoms with van der Waals surface area (Å²) in [5.74, 6) is -3.28. The first kappa shape index (κ1) is 35.0. The average Bonchev–Trinajstić information content (AvgIpc) is 2.78. The summed E-state index contributed by atoms with van der Waals surface area (Å²) in [6, 6.07) is 0. The second kappa shape index (κ2) is 23.6. The standard InChI is InChI=1S/C14H28O2.C12H20O7/c1-2-3-4-5-6-7-8-9-10-11-12-13-14(15)16;1-4-17-9(13)7-12(16,11(15)19-6-3)8-10(14)18-5-2/h2-13H2,1H3,(H,15,16);16H,4-8H2,1-3H3. The molecule has 0 atom stereocenters. The van der Waals surface area contributed by atoms with Crippen molar-refractivity contribution in [1.29, 1.82) is 0 Å². The van der Waals surface area contributed by atoms with Gasteiger partial charge in [-0.25, -0.2) is 4.79 Å². The van der Waals surface area contributed by atoms with Gasteiger partial charge < -0.3 is 24.4 Å². The van der Waals surface area contributed by atoms with Crippen molar-refractivity contribution in [3.63, 3.8) is 0 Å². The maximum absolute atomic E-state index is 11.7. The molecule has 0 aromatic rings. The third kappa shape index (κ3) is 22.1. The molecule has 35 heavy (non-hydrogen) atoms. The highest BCUT2D eigenvalue weighted by Gasteiger charge is 2.43. The van der Waals surface area contributed by atoms with Crippen molar-refractivity contribution < 1.29 is 43.6 Å². The minimum Gasteiger partial charge on any atom is -0.481 e. The molecule has 0 aromatic carbocycles. The summed E-state index contributed by atoms with van der Waals surface area (Å²) >= 11 is 0. The van der Waals surface area contributed by atoms with E-state index >= 15 is 0 Å². The molecule has 0 saturated carbocycles. The Hall–Kier alpha value is -2.16. The maximum atomic E-state index is 11.7. The van der Waals surface area contributed by atoms with E-state index in [1.54, 1.807) is 20.8 Å². The number of carbonyl (C=O) groups is 4. The Kier molecular flexibility index (Phi) is 23.6. The van der Waals surface area contributed by atoms with Gasteiger partial charge in [-0.3, -0.25) is 14.4 Å². The van der Waals surface area contributed by atoms with Gasteiger partial charge in [-0.2, -0.15) is 0 Å². The lowest BCUT2D eigenvalue weighted by atomic mass is 9.95. The van der Waals surface area contributed by atoms with Gasteiger partial charge in [0.25, 0.3) is 0 Å². The molecule has 0 amide bonds. The first-order valence-corrected chi connectivity index (χ1v) is 13.1. The lowest BCUT2D eigenvalue weighted by molar-refractivity contribution is -0.177. The van der Waals surface area contributed by atoms with Crippen LogP contribution in [0.3, 0.4) is 0 Å². The molecule has 2 N–H and O–H groups in total. The molecule has 0 radical (unpaired) electrons. The van der Waals surface area contributed by atoms with Gasteiger partial charge in [-0.15, -0.1) is 0 Å². The average molecular weight is 505 g/mol. The number of hydrogen-bond donors (Lipinski definition) is 2. The van der Waals surface area contributed by atoms with Crippen LogP contribution in [0.2, 0.25) is 0 Å². The van der Waals surface area contributed by atoms with Crippen molar-refractivity contribution in [1.82, 2.24) is 0 Å². The Balaban J connectivity index is 0. The molecular formula is C26H48O9. The van der Waals surface area contributed by atoms with Crippen molar-refractivity contribution in [3.05, 3.63) is 0 Å². The van der Waals surface area contributed by atoms with Crippen molar-refractivity contribution in [2.45, 2.75) is 123 Å². The normalized spacial score (nSPS) is 10.7. The SMILES string of the molecule is CCCCCCCCCCCCCC(=O)O.CCOC(=O)CC(O)(CC(=O)OCC)C(=O)OCC. The van der Waals surface area contributed by atoms with E-state index in [2.05, 4.69) is 21.1 Å². The number of rotatable bonds is 20. The van der Waals surface area contributed by atoms with Crippen LogP contribution in [0.15, 0.2) is 0 Å². The fraction of sp³-hybridized carbons (Fsp3) is 0.846. The van der Waals surface area contributed by atoms with E-state index in [9.17, 15) is 24.3 Å². The molecule has 0 heterocycles. The van der Waals surface area contributed by atoms with Crippen LogP contribution in [0.1, 0.15) is 118 Å². The molecule has 0 saturated heterocycles. The summed E-state index contributed by atoms with van der Waals surface area (Å²) in [5, 5.41) is 18.6. The van der Waals surface area contributed by atoms with Gasteiger partial charge in [0.2, 0.25) is 0 Å². The van der Waals surface area contributed by atoms with Crippen LogP contribution in [0.5, 0.6) is 0 Å². The quantitative estimate of drug-likeness (QED) is 0.134. The van der Waals surface area contributed by atoms with Crippen molar-refractivity contribution in [2.75, 3.05) is 19.8 Å². The predicted octanol–water partition coefficient (Wildman–Crippen LogP) is 4.96. The molecule has 0 aliphatic heterocycles. The highest BCUT2D eigenvalue weighted by molar-refractivity contribution is 5.90. The molecule has 0 spiro atoms. The zero-order chi connectivity index (χ0) is 27.0. The monoisotopic (exact) mass is 504 g/mol. The molecule has 0 unspecified atom stereocenters. The van der Waals surface area contributed by atoms with E-state index in [0.717, 1.165) is 12.8 Å². The minimum atomic E-state index is -2.26. The van der Waals surface area contributed by atoms with Gasteiger partial charge in [-0.05, 0) is 27.2 Å². The second-order valence-electron chi connectivity index (χ2n) is 8.39. The first-order chi connectivity index (χ1) is 16.7. The number of carboxylic acids is 1. The lowest BCUT2D eigenvalue weighted by Gasteiger charge is -2.23. The van der Waals surface area contributed by atoms with Gasteiger partial charge in [0.1, 0.15) is 0 Å². The van der Waals surface area contributed by atoms with Crippen LogP contribution in [0.4, 0.5) is 0 Å². The third-order valence-electron chi connectivity index (χ3n) is 5.13. The number of ether oxygens (including phenoxy) is 3. The van der Waals surface area contributed by atoms with Crippen LogP contribution in [0, 0.1) is 0 Å². The van der Waals surface area contributed by atoms with Gasteiger partial charge >= 0.3 is 23.9 Å². The number of carboxylic acid groups (broad SMARTS) is 1. The van der Waals surface area contributed by atoms with E-state index in [4.69, 9.17) is 5.11 Å². The third-order valence-corrected chi connectivity index (χ3v) is 5.13. The Bertz CT molecular complexity index is 555. The van der Waals surface area contributed by atoms with Crippen LogP contribution < -0.4 is 0 Å². The number of esters is 3. The minimum absolute atomic E-state index is 0.0206. The fourth-order valence-electron chi connectivity index (χ4n) is 3.31. The molecule has 0 aliphatic carbocycles. The fourth-order valence-corrected chi connectivity index (χ4v) is 3.31. The Morgan fingerprint density at radius 1 is 0.600 bits per heavy atom. The van der Waals surface area contributed by atoms with E-state index in [1.807, 2.05) is 0 Å². The topological polar surface area (TPSA) is 136 Å². The van der Waals surface area contributed by atoms with Crippen molar-refractivity contribution >= 4 is 23.9 Å². The zero-order valence-electron chi connectivity index (χ0n) is 22.3. The van der Waals surface area contributed by atoms with E-state index in [0.29, 0.717) is 6.42 Å². The molecule has 0 aliphatic rings. The summed E-state index contributed by atoms with van der Waals surface area (Å²) in [6.45, 7) is 7.21.